The second-order valence-corrected chi connectivity index (χ2v) is 3.50. The summed E-state index contributed by atoms with van der Waals surface area (Å²) in [5.74, 6) is -1.02. The van der Waals surface area contributed by atoms with Crippen LogP contribution < -0.4 is 0 Å². The van der Waals surface area contributed by atoms with Gasteiger partial charge in [-0.1, -0.05) is 6.07 Å². The average Bonchev–Trinajstić information content (AvgIpc) is 2.37. The van der Waals surface area contributed by atoms with Crippen LogP contribution in [0.25, 0.3) is 6.08 Å². The van der Waals surface area contributed by atoms with Crippen molar-refractivity contribution in [1.29, 1.82) is 0 Å². The molecule has 0 aliphatic carbocycles. The van der Waals surface area contributed by atoms with E-state index in [0.29, 0.717) is 12.3 Å². The highest BCUT2D eigenvalue weighted by molar-refractivity contribution is 6.19. The zero-order chi connectivity index (χ0) is 13.4. The summed E-state index contributed by atoms with van der Waals surface area (Å²) in [5, 5.41) is 0. The maximum Gasteiger partial charge on any atom is 0.341 e. The van der Waals surface area contributed by atoms with Gasteiger partial charge in [0.15, 0.2) is 5.78 Å². The standard InChI is InChI=1S/C13H15NO4/c1-10(15)12(13(16)18-8-7-17-2)9-11-5-3-4-6-14-11/h3-6,9H,7-8H2,1-2H3/b12-9-. The van der Waals surface area contributed by atoms with E-state index in [1.165, 1.54) is 20.1 Å². The SMILES string of the molecule is COCCOC(=O)/C(=C\c1ccccn1)C(C)=O. The molecule has 0 aromatic carbocycles. The van der Waals surface area contributed by atoms with Gasteiger partial charge in [-0.2, -0.15) is 0 Å². The molecule has 1 rings (SSSR count). The predicted octanol–water partition coefficient (Wildman–Crippen LogP) is 1.24. The molecule has 0 bridgehead atoms. The maximum atomic E-state index is 11.7. The van der Waals surface area contributed by atoms with Crippen molar-refractivity contribution in [2.45, 2.75) is 6.92 Å². The number of nitrogens with zero attached hydrogens (tertiary/aromatic N) is 1. The van der Waals surface area contributed by atoms with Gasteiger partial charge in [-0.3, -0.25) is 9.78 Å². The van der Waals surface area contributed by atoms with Gasteiger partial charge in [0.05, 0.1) is 12.3 Å². The van der Waals surface area contributed by atoms with Crippen LogP contribution in [0.3, 0.4) is 0 Å². The molecule has 18 heavy (non-hydrogen) atoms. The highest BCUT2D eigenvalue weighted by Gasteiger charge is 2.16. The molecule has 0 amide bonds. The third-order valence-corrected chi connectivity index (χ3v) is 2.10. The van der Waals surface area contributed by atoms with E-state index in [4.69, 9.17) is 9.47 Å². The first-order valence-corrected chi connectivity index (χ1v) is 5.45. The Balaban J connectivity index is 2.80. The molecule has 1 heterocycles. The van der Waals surface area contributed by atoms with E-state index in [1.54, 1.807) is 24.4 Å². The maximum absolute atomic E-state index is 11.7. The lowest BCUT2D eigenvalue weighted by molar-refractivity contribution is -0.141. The fourth-order valence-electron chi connectivity index (χ4n) is 1.21. The molecule has 96 valence electrons. The minimum atomic E-state index is -0.662. The summed E-state index contributed by atoms with van der Waals surface area (Å²) in [6.45, 7) is 1.72. The number of hydrogen-bond donors (Lipinski definition) is 0. The van der Waals surface area contributed by atoms with Crippen LogP contribution in [0.2, 0.25) is 0 Å². The van der Waals surface area contributed by atoms with Crippen LogP contribution >= 0.6 is 0 Å². The largest absolute Gasteiger partial charge is 0.460 e. The van der Waals surface area contributed by atoms with Gasteiger partial charge in [-0.15, -0.1) is 0 Å². The molecule has 0 radical (unpaired) electrons. The summed E-state index contributed by atoms with van der Waals surface area (Å²) in [6.07, 6.45) is 3.00. The number of methoxy groups -OCH3 is 1. The van der Waals surface area contributed by atoms with Gasteiger partial charge in [-0.05, 0) is 25.1 Å². The summed E-state index contributed by atoms with van der Waals surface area (Å²) in [7, 11) is 1.50. The first-order valence-electron chi connectivity index (χ1n) is 5.45. The first-order chi connectivity index (χ1) is 8.65. The Hall–Kier alpha value is -2.01. The fraction of sp³-hybridized carbons (Fsp3) is 0.308. The second-order valence-electron chi connectivity index (χ2n) is 3.50. The Labute approximate surface area is 105 Å². The molecule has 1 aromatic heterocycles. The van der Waals surface area contributed by atoms with Crippen molar-refractivity contribution < 1.29 is 19.1 Å². The molecular formula is C13H15NO4. The van der Waals surface area contributed by atoms with E-state index in [-0.39, 0.29) is 18.0 Å². The van der Waals surface area contributed by atoms with E-state index >= 15 is 0 Å². The van der Waals surface area contributed by atoms with Gasteiger partial charge in [-0.25, -0.2) is 4.79 Å². The van der Waals surface area contributed by atoms with Gasteiger partial charge >= 0.3 is 5.97 Å². The number of ketones is 1. The van der Waals surface area contributed by atoms with Gasteiger partial charge in [0.1, 0.15) is 12.2 Å². The highest BCUT2D eigenvalue weighted by Crippen LogP contribution is 2.07. The zero-order valence-corrected chi connectivity index (χ0v) is 10.4. The lowest BCUT2D eigenvalue weighted by Gasteiger charge is -2.05. The van der Waals surface area contributed by atoms with Crippen LogP contribution in [-0.2, 0) is 19.1 Å². The van der Waals surface area contributed by atoms with Crippen LogP contribution in [0.4, 0.5) is 0 Å². The molecule has 0 atom stereocenters. The van der Waals surface area contributed by atoms with Crippen molar-refractivity contribution in [3.63, 3.8) is 0 Å². The van der Waals surface area contributed by atoms with Crippen molar-refractivity contribution in [3.05, 3.63) is 35.7 Å². The summed E-state index contributed by atoms with van der Waals surface area (Å²) >= 11 is 0. The quantitative estimate of drug-likeness (QED) is 0.249. The van der Waals surface area contributed by atoms with Crippen LogP contribution in [0.15, 0.2) is 30.0 Å². The molecular weight excluding hydrogens is 234 g/mol. The van der Waals surface area contributed by atoms with Crippen LogP contribution in [-0.4, -0.2) is 37.1 Å². The molecule has 5 heteroatoms. The normalized spacial score (nSPS) is 11.1. The Morgan fingerprint density at radius 1 is 1.33 bits per heavy atom. The number of rotatable bonds is 6. The summed E-state index contributed by atoms with van der Waals surface area (Å²) in [5.41, 5.74) is 0.510. The van der Waals surface area contributed by atoms with E-state index in [1.807, 2.05) is 0 Å². The number of aromatic nitrogens is 1. The van der Waals surface area contributed by atoms with E-state index in [2.05, 4.69) is 4.98 Å². The number of hydrogen-bond acceptors (Lipinski definition) is 5. The van der Waals surface area contributed by atoms with E-state index in [9.17, 15) is 9.59 Å². The van der Waals surface area contributed by atoms with Crippen molar-refractivity contribution in [2.75, 3.05) is 20.3 Å². The lowest BCUT2D eigenvalue weighted by atomic mass is 10.1. The minimum Gasteiger partial charge on any atom is -0.460 e. The van der Waals surface area contributed by atoms with Crippen molar-refractivity contribution in [1.82, 2.24) is 4.98 Å². The molecule has 1 aromatic rings. The predicted molar refractivity (Wildman–Crippen MR) is 65.7 cm³/mol. The topological polar surface area (TPSA) is 65.5 Å². The molecule has 0 aliphatic rings. The first kappa shape index (κ1) is 14.1. The molecule has 0 spiro atoms. The van der Waals surface area contributed by atoms with Crippen LogP contribution in [0.1, 0.15) is 12.6 Å². The third-order valence-electron chi connectivity index (χ3n) is 2.10. The van der Waals surface area contributed by atoms with Gasteiger partial charge in [0.2, 0.25) is 0 Å². The number of esters is 1. The van der Waals surface area contributed by atoms with Crippen LogP contribution in [0.5, 0.6) is 0 Å². The number of carbonyl (C=O) groups excluding carboxylic acids is 2. The van der Waals surface area contributed by atoms with Crippen LogP contribution in [0, 0.1) is 0 Å². The minimum absolute atomic E-state index is 0.0233. The molecule has 0 fully saturated rings. The fourth-order valence-corrected chi connectivity index (χ4v) is 1.21. The highest BCUT2D eigenvalue weighted by atomic mass is 16.6. The number of Topliss-reactive ketones (excluding diaryl/α,β-unsaturated/α-hetero) is 1. The van der Waals surface area contributed by atoms with Gasteiger partial charge in [0, 0.05) is 13.3 Å². The average molecular weight is 249 g/mol. The molecule has 0 saturated carbocycles. The molecule has 0 saturated heterocycles. The Bertz CT molecular complexity index is 440. The molecule has 0 aliphatic heterocycles. The van der Waals surface area contributed by atoms with Crippen molar-refractivity contribution >= 4 is 17.8 Å². The number of ether oxygens (including phenoxy) is 2. The van der Waals surface area contributed by atoms with Crippen molar-refractivity contribution in [2.24, 2.45) is 0 Å². The van der Waals surface area contributed by atoms with Crippen molar-refractivity contribution in [3.8, 4) is 0 Å². The van der Waals surface area contributed by atoms with E-state index in [0.717, 1.165) is 0 Å². The molecule has 0 N–H and O–H groups in total. The summed E-state index contributed by atoms with van der Waals surface area (Å²) < 4.78 is 9.65. The lowest BCUT2D eigenvalue weighted by Crippen LogP contribution is -2.16. The molecule has 5 nitrogen and oxygen atoms in total. The summed E-state index contributed by atoms with van der Waals surface area (Å²) in [6, 6.07) is 5.22. The Morgan fingerprint density at radius 2 is 2.11 bits per heavy atom. The van der Waals surface area contributed by atoms with Gasteiger partial charge < -0.3 is 9.47 Å². The molecule has 0 unspecified atom stereocenters. The monoisotopic (exact) mass is 249 g/mol. The smallest absolute Gasteiger partial charge is 0.341 e. The Kier molecular flexibility index (Phi) is 5.73. The zero-order valence-electron chi connectivity index (χ0n) is 10.4. The Morgan fingerprint density at radius 3 is 2.67 bits per heavy atom. The third kappa shape index (κ3) is 4.47. The summed E-state index contributed by atoms with van der Waals surface area (Å²) in [4.78, 5) is 27.1. The number of carbonyl (C=O) groups is 2. The second kappa shape index (κ2) is 7.34. The number of pyridine rings is 1. The van der Waals surface area contributed by atoms with E-state index < -0.39 is 5.97 Å². The van der Waals surface area contributed by atoms with Gasteiger partial charge in [0.25, 0.3) is 0 Å².